The summed E-state index contributed by atoms with van der Waals surface area (Å²) < 4.78 is 6.62. The number of aliphatic imine (C=N–C) groups is 1. The Morgan fingerprint density at radius 3 is 2.68 bits per heavy atom. The van der Waals surface area contributed by atoms with Crippen LogP contribution in [0, 0.1) is 0 Å². The SMILES string of the molecule is CCCCOCCCNC(=NC)NCc1cccc(Br)c1.I. The smallest absolute Gasteiger partial charge is 0.191 e. The molecule has 126 valence electrons. The van der Waals surface area contributed by atoms with Crippen molar-refractivity contribution in [1.82, 2.24) is 10.6 Å². The van der Waals surface area contributed by atoms with Crippen molar-refractivity contribution >= 4 is 45.9 Å². The summed E-state index contributed by atoms with van der Waals surface area (Å²) in [5.41, 5.74) is 1.22. The minimum atomic E-state index is 0. The Balaban J connectivity index is 0.00000441. The number of nitrogens with zero attached hydrogens (tertiary/aromatic N) is 1. The second kappa shape index (κ2) is 14.3. The van der Waals surface area contributed by atoms with E-state index in [1.165, 1.54) is 12.0 Å². The van der Waals surface area contributed by atoms with Gasteiger partial charge in [0.25, 0.3) is 0 Å². The fourth-order valence-corrected chi connectivity index (χ4v) is 2.23. The Morgan fingerprint density at radius 2 is 2.00 bits per heavy atom. The molecule has 4 nitrogen and oxygen atoms in total. The largest absolute Gasteiger partial charge is 0.381 e. The molecule has 1 rings (SSSR count). The number of unbranched alkanes of at least 4 members (excludes halogenated alkanes) is 1. The molecule has 0 amide bonds. The van der Waals surface area contributed by atoms with E-state index in [9.17, 15) is 0 Å². The van der Waals surface area contributed by atoms with Crippen LogP contribution in [0.5, 0.6) is 0 Å². The average molecular weight is 484 g/mol. The third kappa shape index (κ3) is 10.4. The lowest BCUT2D eigenvalue weighted by Gasteiger charge is -2.12. The molecular formula is C16H27BrIN3O. The van der Waals surface area contributed by atoms with E-state index in [0.717, 1.165) is 49.6 Å². The quantitative estimate of drug-likeness (QED) is 0.242. The Bertz CT molecular complexity index is 430. The van der Waals surface area contributed by atoms with Crippen molar-refractivity contribution in [3.05, 3.63) is 34.3 Å². The number of benzene rings is 1. The van der Waals surface area contributed by atoms with Gasteiger partial charge in [0.05, 0.1) is 0 Å². The number of rotatable bonds is 9. The molecule has 0 aromatic heterocycles. The van der Waals surface area contributed by atoms with Crippen LogP contribution >= 0.6 is 39.9 Å². The van der Waals surface area contributed by atoms with Crippen LogP contribution in [-0.2, 0) is 11.3 Å². The van der Waals surface area contributed by atoms with Gasteiger partial charge in [0, 0.05) is 37.8 Å². The molecule has 2 N–H and O–H groups in total. The van der Waals surface area contributed by atoms with Gasteiger partial charge in [-0.25, -0.2) is 0 Å². The zero-order valence-corrected chi connectivity index (χ0v) is 17.3. The van der Waals surface area contributed by atoms with E-state index < -0.39 is 0 Å². The predicted molar refractivity (Wildman–Crippen MR) is 108 cm³/mol. The minimum absolute atomic E-state index is 0. The van der Waals surface area contributed by atoms with Gasteiger partial charge < -0.3 is 15.4 Å². The topological polar surface area (TPSA) is 45.6 Å². The Kier molecular flexibility index (Phi) is 14.0. The summed E-state index contributed by atoms with van der Waals surface area (Å²) in [5.74, 6) is 0.823. The maximum atomic E-state index is 5.53. The molecule has 6 heteroatoms. The summed E-state index contributed by atoms with van der Waals surface area (Å²) in [6.07, 6.45) is 3.31. The first-order valence-electron chi connectivity index (χ1n) is 7.53. The second-order valence-electron chi connectivity index (χ2n) is 4.80. The molecule has 0 bridgehead atoms. The Hall–Kier alpha value is -0.340. The van der Waals surface area contributed by atoms with Crippen LogP contribution in [0.2, 0.25) is 0 Å². The number of ether oxygens (including phenoxy) is 1. The van der Waals surface area contributed by atoms with Crippen LogP contribution in [0.15, 0.2) is 33.7 Å². The van der Waals surface area contributed by atoms with Gasteiger partial charge in [-0.3, -0.25) is 4.99 Å². The zero-order chi connectivity index (χ0) is 15.3. The molecule has 1 aromatic rings. The van der Waals surface area contributed by atoms with Gasteiger partial charge in [-0.15, -0.1) is 24.0 Å². The molecule has 0 aliphatic heterocycles. The first-order chi connectivity index (χ1) is 10.3. The van der Waals surface area contributed by atoms with E-state index >= 15 is 0 Å². The van der Waals surface area contributed by atoms with Gasteiger partial charge in [0.15, 0.2) is 5.96 Å². The summed E-state index contributed by atoms with van der Waals surface area (Å²) >= 11 is 3.48. The molecule has 22 heavy (non-hydrogen) atoms. The van der Waals surface area contributed by atoms with Gasteiger partial charge in [-0.2, -0.15) is 0 Å². The van der Waals surface area contributed by atoms with Gasteiger partial charge in [-0.1, -0.05) is 41.4 Å². The van der Waals surface area contributed by atoms with E-state index in [1.54, 1.807) is 7.05 Å². The second-order valence-corrected chi connectivity index (χ2v) is 5.72. The van der Waals surface area contributed by atoms with Crippen molar-refractivity contribution in [3.63, 3.8) is 0 Å². The van der Waals surface area contributed by atoms with Gasteiger partial charge in [0.1, 0.15) is 0 Å². The first kappa shape index (κ1) is 21.7. The van der Waals surface area contributed by atoms with Gasteiger partial charge >= 0.3 is 0 Å². The molecule has 0 saturated carbocycles. The summed E-state index contributed by atoms with van der Waals surface area (Å²) in [6.45, 7) is 5.46. The zero-order valence-electron chi connectivity index (χ0n) is 13.4. The van der Waals surface area contributed by atoms with Crippen molar-refractivity contribution in [3.8, 4) is 0 Å². The third-order valence-electron chi connectivity index (χ3n) is 2.97. The fraction of sp³-hybridized carbons (Fsp3) is 0.562. The van der Waals surface area contributed by atoms with Crippen LogP contribution in [0.25, 0.3) is 0 Å². The van der Waals surface area contributed by atoms with Crippen molar-refractivity contribution in [2.45, 2.75) is 32.7 Å². The van der Waals surface area contributed by atoms with Crippen molar-refractivity contribution in [2.24, 2.45) is 4.99 Å². The fourth-order valence-electron chi connectivity index (χ4n) is 1.78. The molecule has 0 aliphatic carbocycles. The normalized spacial score (nSPS) is 11.0. The molecule has 0 atom stereocenters. The Labute approximate surface area is 159 Å². The monoisotopic (exact) mass is 483 g/mol. The lowest BCUT2D eigenvalue weighted by Crippen LogP contribution is -2.37. The van der Waals surface area contributed by atoms with E-state index in [1.807, 2.05) is 12.1 Å². The molecule has 0 fully saturated rings. The highest BCUT2D eigenvalue weighted by molar-refractivity contribution is 14.0. The van der Waals surface area contributed by atoms with Crippen molar-refractivity contribution < 1.29 is 4.74 Å². The van der Waals surface area contributed by atoms with E-state index in [2.05, 4.69) is 50.6 Å². The number of nitrogens with one attached hydrogen (secondary N) is 2. The average Bonchev–Trinajstić information content (AvgIpc) is 2.49. The minimum Gasteiger partial charge on any atom is -0.381 e. The third-order valence-corrected chi connectivity index (χ3v) is 3.47. The van der Waals surface area contributed by atoms with E-state index in [-0.39, 0.29) is 24.0 Å². The van der Waals surface area contributed by atoms with Crippen LogP contribution in [-0.4, -0.2) is 32.8 Å². The van der Waals surface area contributed by atoms with Gasteiger partial charge in [-0.05, 0) is 30.5 Å². The van der Waals surface area contributed by atoms with Gasteiger partial charge in [0.2, 0.25) is 0 Å². The first-order valence-corrected chi connectivity index (χ1v) is 8.32. The molecule has 0 saturated heterocycles. The lowest BCUT2D eigenvalue weighted by atomic mass is 10.2. The number of guanidine groups is 1. The van der Waals surface area contributed by atoms with Crippen molar-refractivity contribution in [1.29, 1.82) is 0 Å². The maximum absolute atomic E-state index is 5.53. The van der Waals surface area contributed by atoms with Crippen LogP contribution in [0.3, 0.4) is 0 Å². The summed E-state index contributed by atoms with van der Waals surface area (Å²) in [7, 11) is 1.79. The summed E-state index contributed by atoms with van der Waals surface area (Å²) in [6, 6.07) is 8.24. The highest BCUT2D eigenvalue weighted by atomic mass is 127. The molecule has 0 heterocycles. The predicted octanol–water partition coefficient (Wildman–Crippen LogP) is 3.94. The highest BCUT2D eigenvalue weighted by Gasteiger charge is 1.98. The van der Waals surface area contributed by atoms with Crippen molar-refractivity contribution in [2.75, 3.05) is 26.8 Å². The molecule has 0 unspecified atom stereocenters. The van der Waals surface area contributed by atoms with Crippen LogP contribution < -0.4 is 10.6 Å². The summed E-state index contributed by atoms with van der Waals surface area (Å²) in [5, 5.41) is 6.59. The molecule has 0 radical (unpaired) electrons. The van der Waals surface area contributed by atoms with Crippen LogP contribution in [0.1, 0.15) is 31.7 Å². The standard InChI is InChI=1S/C16H26BrN3O.HI/c1-3-4-10-21-11-6-9-19-16(18-2)20-13-14-7-5-8-15(17)12-14;/h5,7-8,12H,3-4,6,9-11,13H2,1-2H3,(H2,18,19,20);1H. The van der Waals surface area contributed by atoms with E-state index in [0.29, 0.717) is 0 Å². The molecule has 1 aromatic carbocycles. The molecule has 0 aliphatic rings. The molecule has 0 spiro atoms. The highest BCUT2D eigenvalue weighted by Crippen LogP contribution is 2.11. The maximum Gasteiger partial charge on any atom is 0.191 e. The van der Waals surface area contributed by atoms with Crippen LogP contribution in [0.4, 0.5) is 0 Å². The molecular weight excluding hydrogens is 457 g/mol. The lowest BCUT2D eigenvalue weighted by molar-refractivity contribution is 0.129. The number of halogens is 2. The van der Waals surface area contributed by atoms with E-state index in [4.69, 9.17) is 4.74 Å². The number of hydrogen-bond donors (Lipinski definition) is 2. The number of hydrogen-bond acceptors (Lipinski definition) is 2. The Morgan fingerprint density at radius 1 is 1.23 bits per heavy atom. The summed E-state index contributed by atoms with van der Waals surface area (Å²) in [4.78, 5) is 4.21.